The molecular formula is C4H8O2Sn. The summed E-state index contributed by atoms with van der Waals surface area (Å²) in [4.78, 5) is 0. The van der Waals surface area contributed by atoms with Crippen molar-refractivity contribution in [3.05, 3.63) is 0 Å². The summed E-state index contributed by atoms with van der Waals surface area (Å²) in [5, 5.41) is 0. The molecule has 0 saturated carbocycles. The summed E-state index contributed by atoms with van der Waals surface area (Å²) in [6.07, 6.45) is 2.39. The van der Waals surface area contributed by atoms with Gasteiger partial charge >= 0.3 is 54.2 Å². The van der Waals surface area contributed by atoms with Gasteiger partial charge in [-0.15, -0.1) is 0 Å². The average Bonchev–Trinajstić information content (AvgIpc) is 1.90. The van der Waals surface area contributed by atoms with Gasteiger partial charge in [0.15, 0.2) is 0 Å². The normalized spacial score (nSPS) is 24.0. The average molecular weight is 207 g/mol. The molecule has 2 radical (unpaired) electrons. The predicted octanol–water partition coefficient (Wildman–Crippen LogP) is 0.348. The Kier molecular flexibility index (Phi) is 3.08. The van der Waals surface area contributed by atoms with Crippen LogP contribution in [0.4, 0.5) is 0 Å². The first-order chi connectivity index (χ1) is 3.50. The van der Waals surface area contributed by atoms with Gasteiger partial charge in [-0.2, -0.15) is 0 Å². The number of hydrogen-bond acceptors (Lipinski definition) is 2. The van der Waals surface area contributed by atoms with E-state index in [9.17, 15) is 0 Å². The topological polar surface area (TPSA) is 18.5 Å². The minimum absolute atomic E-state index is 0.756. The van der Waals surface area contributed by atoms with Crippen molar-refractivity contribution in [3.63, 3.8) is 0 Å². The van der Waals surface area contributed by atoms with Crippen molar-refractivity contribution in [2.75, 3.05) is 13.2 Å². The van der Waals surface area contributed by atoms with E-state index in [2.05, 4.69) is 0 Å². The molecule has 1 rings (SSSR count). The van der Waals surface area contributed by atoms with E-state index in [1.54, 1.807) is 0 Å². The zero-order chi connectivity index (χ0) is 4.95. The van der Waals surface area contributed by atoms with Gasteiger partial charge < -0.3 is 0 Å². The van der Waals surface area contributed by atoms with Crippen LogP contribution in [0.5, 0.6) is 0 Å². The maximum atomic E-state index is 5.14. The second kappa shape index (κ2) is 3.69. The molecule has 1 aliphatic rings. The molecule has 1 aliphatic heterocycles. The van der Waals surface area contributed by atoms with E-state index in [4.69, 9.17) is 6.15 Å². The molecule has 1 saturated heterocycles. The van der Waals surface area contributed by atoms with E-state index in [-0.39, 0.29) is 0 Å². The Morgan fingerprint density at radius 2 is 1.57 bits per heavy atom. The summed E-state index contributed by atoms with van der Waals surface area (Å²) in [5.41, 5.74) is 0. The van der Waals surface area contributed by atoms with Crippen molar-refractivity contribution in [1.82, 2.24) is 0 Å². The van der Waals surface area contributed by atoms with Crippen LogP contribution in [-0.2, 0) is 6.15 Å². The second-order valence-corrected chi connectivity index (χ2v) is 3.61. The summed E-state index contributed by atoms with van der Waals surface area (Å²) in [6, 6.07) is 0. The standard InChI is InChI=1S/C4H8O2.Sn/c5-3-1-2-4-6;/h1-4H2;/q-2;+2. The van der Waals surface area contributed by atoms with Gasteiger partial charge in [-0.1, -0.05) is 0 Å². The van der Waals surface area contributed by atoms with E-state index in [1.807, 2.05) is 0 Å². The van der Waals surface area contributed by atoms with Crippen LogP contribution in [-0.4, -0.2) is 35.2 Å². The summed E-state index contributed by atoms with van der Waals surface area (Å²) < 4.78 is 10.3. The van der Waals surface area contributed by atoms with Gasteiger partial charge in [0, 0.05) is 0 Å². The molecule has 3 heteroatoms. The van der Waals surface area contributed by atoms with Crippen LogP contribution < -0.4 is 0 Å². The quantitative estimate of drug-likeness (QED) is 0.533. The van der Waals surface area contributed by atoms with Crippen LogP contribution in [0.15, 0.2) is 0 Å². The van der Waals surface area contributed by atoms with E-state index < -0.39 is 22.0 Å². The van der Waals surface area contributed by atoms with Crippen molar-refractivity contribution in [2.24, 2.45) is 0 Å². The fraction of sp³-hybridized carbons (Fsp3) is 1.00. The third-order valence-corrected chi connectivity index (χ3v) is 2.70. The molecule has 0 N–H and O–H groups in total. The maximum absolute atomic E-state index is 5.14. The van der Waals surface area contributed by atoms with Crippen LogP contribution in [0.25, 0.3) is 0 Å². The molecule has 1 heterocycles. The fourth-order valence-corrected chi connectivity index (χ4v) is 2.01. The van der Waals surface area contributed by atoms with Crippen molar-refractivity contribution in [1.29, 1.82) is 0 Å². The molecule has 0 bridgehead atoms. The summed E-state index contributed by atoms with van der Waals surface area (Å²) >= 11 is -0.756. The van der Waals surface area contributed by atoms with Crippen LogP contribution >= 0.6 is 0 Å². The Balaban J connectivity index is 2.04. The van der Waals surface area contributed by atoms with Gasteiger partial charge in [-0.3, -0.25) is 0 Å². The zero-order valence-corrected chi connectivity index (χ0v) is 7.00. The van der Waals surface area contributed by atoms with Crippen LogP contribution in [0.3, 0.4) is 0 Å². The summed E-state index contributed by atoms with van der Waals surface area (Å²) in [5.74, 6) is 0. The first-order valence-electron chi connectivity index (χ1n) is 2.49. The van der Waals surface area contributed by atoms with Crippen molar-refractivity contribution >= 4 is 22.0 Å². The molecule has 0 aromatic rings. The summed E-state index contributed by atoms with van der Waals surface area (Å²) in [6.45, 7) is 1.90. The Morgan fingerprint density at radius 3 is 2.14 bits per heavy atom. The zero-order valence-electron chi connectivity index (χ0n) is 4.14. The van der Waals surface area contributed by atoms with Crippen molar-refractivity contribution in [2.45, 2.75) is 12.8 Å². The molecule has 0 aromatic carbocycles. The molecule has 1 fully saturated rings. The molecule has 0 unspecified atom stereocenters. The molecule has 0 spiro atoms. The Hall–Kier alpha value is 0.719. The van der Waals surface area contributed by atoms with Crippen LogP contribution in [0.1, 0.15) is 12.8 Å². The van der Waals surface area contributed by atoms with Crippen molar-refractivity contribution < 1.29 is 6.15 Å². The first kappa shape index (κ1) is 5.85. The molecule has 40 valence electrons. The number of rotatable bonds is 0. The molecule has 0 atom stereocenters. The third kappa shape index (κ3) is 2.51. The van der Waals surface area contributed by atoms with Gasteiger partial charge in [0.25, 0.3) is 0 Å². The molecular weight excluding hydrogens is 199 g/mol. The molecule has 7 heavy (non-hydrogen) atoms. The van der Waals surface area contributed by atoms with Gasteiger partial charge in [0.05, 0.1) is 0 Å². The van der Waals surface area contributed by atoms with Crippen LogP contribution in [0.2, 0.25) is 0 Å². The van der Waals surface area contributed by atoms with Gasteiger partial charge in [-0.25, -0.2) is 0 Å². The Morgan fingerprint density at radius 1 is 1.00 bits per heavy atom. The van der Waals surface area contributed by atoms with E-state index in [1.165, 1.54) is 12.8 Å². The Bertz CT molecular complexity index is 29.3. The predicted molar refractivity (Wildman–Crippen MR) is 26.9 cm³/mol. The molecule has 0 aromatic heterocycles. The summed E-state index contributed by atoms with van der Waals surface area (Å²) in [7, 11) is 0. The van der Waals surface area contributed by atoms with Gasteiger partial charge in [0.1, 0.15) is 0 Å². The monoisotopic (exact) mass is 208 g/mol. The molecule has 0 aliphatic carbocycles. The third-order valence-electron chi connectivity index (χ3n) is 0.861. The first-order valence-corrected chi connectivity index (χ1v) is 4.82. The Labute approximate surface area is 54.5 Å². The fourth-order valence-electron chi connectivity index (χ4n) is 0.473. The van der Waals surface area contributed by atoms with Crippen LogP contribution in [0, 0.1) is 0 Å². The molecule has 0 amide bonds. The second-order valence-electron chi connectivity index (χ2n) is 1.49. The van der Waals surface area contributed by atoms with E-state index >= 15 is 0 Å². The minimum atomic E-state index is -0.756. The van der Waals surface area contributed by atoms with E-state index in [0.717, 1.165) is 13.2 Å². The van der Waals surface area contributed by atoms with Gasteiger partial charge in [0.2, 0.25) is 0 Å². The van der Waals surface area contributed by atoms with E-state index in [0.29, 0.717) is 0 Å². The SMILES string of the molecule is C1CC[O][Sn][O]C1. The van der Waals surface area contributed by atoms with Gasteiger partial charge in [-0.05, 0) is 0 Å². The molecule has 2 nitrogen and oxygen atoms in total. The van der Waals surface area contributed by atoms with Crippen molar-refractivity contribution in [3.8, 4) is 0 Å². The number of hydrogen-bond donors (Lipinski definition) is 0.